The van der Waals surface area contributed by atoms with E-state index in [2.05, 4.69) is 21.3 Å². The van der Waals surface area contributed by atoms with Gasteiger partial charge >= 0.3 is 0 Å². The number of rotatable bonds is 12. The van der Waals surface area contributed by atoms with Gasteiger partial charge in [0.15, 0.2) is 0 Å². The third kappa shape index (κ3) is 9.01. The van der Waals surface area contributed by atoms with E-state index in [4.69, 9.17) is 4.74 Å². The predicted octanol–water partition coefficient (Wildman–Crippen LogP) is 1.54. The topological polar surface area (TPSA) is 143 Å². The fraction of sp³-hybridized carbons (Fsp3) is 0.433. The van der Waals surface area contributed by atoms with Crippen molar-refractivity contribution in [1.29, 1.82) is 0 Å². The number of ether oxygens (including phenoxy) is 1. The minimum absolute atomic E-state index is 0.153. The first-order valence-electron chi connectivity index (χ1n) is 13.6. The Balaban J connectivity index is 1.64. The molecule has 0 radical (unpaired) electrons. The Bertz CT molecular complexity index is 1170. The minimum Gasteiger partial charge on any atom is -0.381 e. The summed E-state index contributed by atoms with van der Waals surface area (Å²) >= 11 is 0. The van der Waals surface area contributed by atoms with Crippen molar-refractivity contribution in [3.8, 4) is 0 Å². The number of hydrogen-bond donors (Lipinski definition) is 4. The number of amides is 4. The number of Topliss-reactive ketones (excluding diaryl/α,β-unsaturated/α-hetero) is 1. The highest BCUT2D eigenvalue weighted by atomic mass is 16.5. The molecule has 1 saturated heterocycles. The Kier molecular flexibility index (Phi) is 11.4. The van der Waals surface area contributed by atoms with E-state index in [0.717, 1.165) is 5.56 Å². The van der Waals surface area contributed by atoms with Crippen LogP contribution >= 0.6 is 0 Å². The standard InChI is InChI=1S/C30H38N4O6/c1-19(2)25(26(35)30(39)32-23-14-16-40-17-15-23)34-27(36)20(3)31-29(38)24(18-21-10-6-4-7-11-21)33-28(37)22-12-8-5-9-13-22/h4-13,19-20,23-25H,14-18H2,1-3H3,(H,31,38)(H,32,39)(H,33,37)(H,34,36)/t20-,24-,25-/m0/s1. The Morgan fingerprint density at radius 3 is 2.00 bits per heavy atom. The summed E-state index contributed by atoms with van der Waals surface area (Å²) in [7, 11) is 0. The molecule has 1 fully saturated rings. The first-order chi connectivity index (χ1) is 19.2. The van der Waals surface area contributed by atoms with Crippen molar-refractivity contribution in [3.05, 3.63) is 71.8 Å². The number of hydrogen-bond acceptors (Lipinski definition) is 6. The second-order valence-corrected chi connectivity index (χ2v) is 10.3. The lowest BCUT2D eigenvalue weighted by atomic mass is 9.98. The molecule has 0 unspecified atom stereocenters. The summed E-state index contributed by atoms with van der Waals surface area (Å²) in [5.41, 5.74) is 1.23. The first kappa shape index (κ1) is 30.5. The van der Waals surface area contributed by atoms with Gasteiger partial charge in [0.1, 0.15) is 12.1 Å². The van der Waals surface area contributed by atoms with Gasteiger partial charge in [-0.05, 0) is 43.4 Å². The molecule has 2 aromatic rings. The highest BCUT2D eigenvalue weighted by molar-refractivity contribution is 6.38. The Morgan fingerprint density at radius 1 is 0.800 bits per heavy atom. The van der Waals surface area contributed by atoms with Crippen molar-refractivity contribution in [2.24, 2.45) is 5.92 Å². The van der Waals surface area contributed by atoms with Crippen LogP contribution in [0.3, 0.4) is 0 Å². The van der Waals surface area contributed by atoms with Crippen molar-refractivity contribution in [1.82, 2.24) is 21.3 Å². The first-order valence-corrected chi connectivity index (χ1v) is 13.6. The van der Waals surface area contributed by atoms with Crippen LogP contribution in [0.25, 0.3) is 0 Å². The summed E-state index contributed by atoms with van der Waals surface area (Å²) < 4.78 is 5.28. The van der Waals surface area contributed by atoms with E-state index >= 15 is 0 Å². The molecule has 0 aromatic heterocycles. The monoisotopic (exact) mass is 550 g/mol. The summed E-state index contributed by atoms with van der Waals surface area (Å²) in [5, 5.41) is 10.7. The number of carbonyl (C=O) groups excluding carboxylic acids is 5. The van der Waals surface area contributed by atoms with Crippen LogP contribution in [0.1, 0.15) is 49.5 Å². The van der Waals surface area contributed by atoms with Crippen molar-refractivity contribution < 1.29 is 28.7 Å². The molecule has 3 atom stereocenters. The molecule has 1 aliphatic rings. The van der Waals surface area contributed by atoms with Gasteiger partial charge in [0, 0.05) is 31.2 Å². The average molecular weight is 551 g/mol. The van der Waals surface area contributed by atoms with Crippen LogP contribution in [0, 0.1) is 5.92 Å². The second kappa shape index (κ2) is 14.9. The number of ketones is 1. The molecule has 0 aliphatic carbocycles. The fourth-order valence-electron chi connectivity index (χ4n) is 4.32. The molecule has 214 valence electrons. The maximum absolute atomic E-state index is 13.3. The third-order valence-corrected chi connectivity index (χ3v) is 6.72. The molecular weight excluding hydrogens is 512 g/mol. The quantitative estimate of drug-likeness (QED) is 0.295. The van der Waals surface area contributed by atoms with Crippen LogP contribution in [0.5, 0.6) is 0 Å². The van der Waals surface area contributed by atoms with Gasteiger partial charge in [-0.25, -0.2) is 0 Å². The summed E-state index contributed by atoms with van der Waals surface area (Å²) in [6.45, 7) is 5.96. The third-order valence-electron chi connectivity index (χ3n) is 6.72. The van der Waals surface area contributed by atoms with Gasteiger partial charge in [0.2, 0.25) is 17.6 Å². The molecule has 4 amide bonds. The smallest absolute Gasteiger partial charge is 0.289 e. The fourth-order valence-corrected chi connectivity index (χ4v) is 4.32. The molecule has 4 N–H and O–H groups in total. The summed E-state index contributed by atoms with van der Waals surface area (Å²) in [5.74, 6) is -3.46. The predicted molar refractivity (Wildman–Crippen MR) is 149 cm³/mol. The molecule has 3 rings (SSSR count). The lowest BCUT2D eigenvalue weighted by Gasteiger charge is -2.26. The van der Waals surface area contributed by atoms with Gasteiger partial charge in [-0.15, -0.1) is 0 Å². The van der Waals surface area contributed by atoms with Gasteiger partial charge in [0.25, 0.3) is 11.8 Å². The van der Waals surface area contributed by atoms with E-state index in [-0.39, 0.29) is 18.4 Å². The molecule has 40 heavy (non-hydrogen) atoms. The lowest BCUT2D eigenvalue weighted by molar-refractivity contribution is -0.141. The second-order valence-electron chi connectivity index (χ2n) is 10.3. The molecule has 0 spiro atoms. The van der Waals surface area contributed by atoms with Crippen LogP contribution in [-0.2, 0) is 30.3 Å². The summed E-state index contributed by atoms with van der Waals surface area (Å²) in [6.07, 6.45) is 1.44. The van der Waals surface area contributed by atoms with Gasteiger partial charge in [-0.1, -0.05) is 62.4 Å². The van der Waals surface area contributed by atoms with Crippen molar-refractivity contribution in [2.75, 3.05) is 13.2 Å². The molecule has 0 saturated carbocycles. The molecule has 1 aliphatic heterocycles. The van der Waals surface area contributed by atoms with Crippen molar-refractivity contribution in [2.45, 2.75) is 64.2 Å². The molecular formula is C30H38N4O6. The Hall–Kier alpha value is -4.05. The maximum atomic E-state index is 13.3. The van der Waals surface area contributed by atoms with Crippen LogP contribution in [0.15, 0.2) is 60.7 Å². The SMILES string of the molecule is CC(C)[C@H](NC(=O)[C@H](C)NC(=O)[C@H](Cc1ccccc1)NC(=O)c1ccccc1)C(=O)C(=O)NC1CCOCC1. The van der Waals surface area contributed by atoms with Crippen LogP contribution < -0.4 is 21.3 Å². The Labute approximate surface area is 234 Å². The number of carbonyl (C=O) groups is 5. The van der Waals surface area contributed by atoms with E-state index in [1.54, 1.807) is 44.2 Å². The average Bonchev–Trinajstić information content (AvgIpc) is 2.96. The van der Waals surface area contributed by atoms with Gasteiger partial charge in [-0.2, -0.15) is 0 Å². The number of nitrogens with one attached hydrogen (secondary N) is 4. The van der Waals surface area contributed by atoms with Crippen LogP contribution in [0.2, 0.25) is 0 Å². The molecule has 10 nitrogen and oxygen atoms in total. The van der Waals surface area contributed by atoms with Crippen molar-refractivity contribution >= 4 is 29.4 Å². The lowest BCUT2D eigenvalue weighted by Crippen LogP contribution is -2.57. The molecule has 1 heterocycles. The van der Waals surface area contributed by atoms with E-state index < -0.39 is 47.5 Å². The van der Waals surface area contributed by atoms with E-state index in [1.165, 1.54) is 6.92 Å². The van der Waals surface area contributed by atoms with Crippen LogP contribution in [-0.4, -0.2) is 66.8 Å². The highest BCUT2D eigenvalue weighted by Crippen LogP contribution is 2.10. The summed E-state index contributed by atoms with van der Waals surface area (Å²) in [6, 6.07) is 14.5. The van der Waals surface area contributed by atoms with E-state index in [1.807, 2.05) is 30.3 Å². The molecule has 0 bridgehead atoms. The highest BCUT2D eigenvalue weighted by Gasteiger charge is 2.33. The number of benzene rings is 2. The normalized spacial score (nSPS) is 15.8. The van der Waals surface area contributed by atoms with Gasteiger partial charge in [-0.3, -0.25) is 24.0 Å². The maximum Gasteiger partial charge on any atom is 0.289 e. The van der Waals surface area contributed by atoms with E-state index in [9.17, 15) is 24.0 Å². The van der Waals surface area contributed by atoms with Gasteiger partial charge < -0.3 is 26.0 Å². The van der Waals surface area contributed by atoms with E-state index in [0.29, 0.717) is 31.6 Å². The Morgan fingerprint density at radius 2 is 1.40 bits per heavy atom. The van der Waals surface area contributed by atoms with Crippen molar-refractivity contribution in [3.63, 3.8) is 0 Å². The zero-order valence-corrected chi connectivity index (χ0v) is 23.1. The molecule has 2 aromatic carbocycles. The zero-order valence-electron chi connectivity index (χ0n) is 23.1. The zero-order chi connectivity index (χ0) is 29.1. The summed E-state index contributed by atoms with van der Waals surface area (Å²) in [4.78, 5) is 64.6. The molecule has 10 heteroatoms. The van der Waals surface area contributed by atoms with Gasteiger partial charge in [0.05, 0.1) is 6.04 Å². The van der Waals surface area contributed by atoms with Crippen LogP contribution in [0.4, 0.5) is 0 Å². The largest absolute Gasteiger partial charge is 0.381 e. The minimum atomic E-state index is -1.07.